The number of rotatable bonds is 4. The van der Waals surface area contributed by atoms with E-state index in [2.05, 4.69) is 36.4 Å². The van der Waals surface area contributed by atoms with Crippen LogP contribution in [-0.2, 0) is 4.74 Å². The van der Waals surface area contributed by atoms with E-state index in [0.29, 0.717) is 5.92 Å². The third kappa shape index (κ3) is 4.08. The second kappa shape index (κ2) is 5.35. The molecule has 0 atom stereocenters. The maximum atomic E-state index is 5.20. The Labute approximate surface area is 92.5 Å². The lowest BCUT2D eigenvalue weighted by Gasteiger charge is -2.38. The van der Waals surface area contributed by atoms with Gasteiger partial charge in [-0.15, -0.1) is 0 Å². The molecule has 2 N–H and O–H groups in total. The van der Waals surface area contributed by atoms with Crippen LogP contribution in [0.25, 0.3) is 0 Å². The largest absolute Gasteiger partial charge is 0.380 e. The highest BCUT2D eigenvalue weighted by atomic mass is 16.5. The smallest absolute Gasteiger partial charge is 0.191 e. The van der Waals surface area contributed by atoms with Gasteiger partial charge in [-0.1, -0.05) is 20.8 Å². The first-order valence-electron chi connectivity index (χ1n) is 5.58. The zero-order valence-electron chi connectivity index (χ0n) is 10.3. The summed E-state index contributed by atoms with van der Waals surface area (Å²) < 4.78 is 5.20. The van der Waals surface area contributed by atoms with Gasteiger partial charge in [-0.05, 0) is 5.92 Å². The Kier molecular flexibility index (Phi) is 4.39. The lowest BCUT2D eigenvalue weighted by molar-refractivity contribution is -0.0971. The number of guanidine groups is 1. The molecule has 0 unspecified atom stereocenters. The summed E-state index contributed by atoms with van der Waals surface area (Å²) in [6.45, 7) is 10.2. The Hall–Kier alpha value is -0.770. The molecule has 0 spiro atoms. The molecule has 0 aliphatic carbocycles. The lowest BCUT2D eigenvalue weighted by atomic mass is 9.89. The Balaban J connectivity index is 2.22. The normalized spacial score (nSPS) is 19.9. The van der Waals surface area contributed by atoms with E-state index >= 15 is 0 Å². The monoisotopic (exact) mass is 213 g/mol. The van der Waals surface area contributed by atoms with Crippen molar-refractivity contribution in [1.29, 1.82) is 0 Å². The van der Waals surface area contributed by atoms with Gasteiger partial charge in [0.2, 0.25) is 0 Å². The molecule has 15 heavy (non-hydrogen) atoms. The van der Waals surface area contributed by atoms with Gasteiger partial charge in [0.1, 0.15) is 0 Å². The van der Waals surface area contributed by atoms with Crippen LogP contribution in [0.3, 0.4) is 0 Å². The SMILES string of the molecule is CN=C(NCC(C)C)NCC1(C)COC1. The van der Waals surface area contributed by atoms with Crippen molar-refractivity contribution in [3.63, 3.8) is 0 Å². The maximum Gasteiger partial charge on any atom is 0.191 e. The van der Waals surface area contributed by atoms with E-state index < -0.39 is 0 Å². The predicted octanol–water partition coefficient (Wildman–Crippen LogP) is 0.844. The van der Waals surface area contributed by atoms with Crippen molar-refractivity contribution in [2.75, 3.05) is 33.4 Å². The molecule has 4 nitrogen and oxygen atoms in total. The molecule has 1 aliphatic rings. The number of nitrogens with zero attached hydrogens (tertiary/aromatic N) is 1. The molecule has 1 heterocycles. The quantitative estimate of drug-likeness (QED) is 0.537. The summed E-state index contributed by atoms with van der Waals surface area (Å²) in [6, 6.07) is 0. The van der Waals surface area contributed by atoms with Crippen molar-refractivity contribution in [2.45, 2.75) is 20.8 Å². The van der Waals surface area contributed by atoms with Gasteiger partial charge in [0, 0.05) is 25.6 Å². The first kappa shape index (κ1) is 12.3. The Bertz CT molecular complexity index is 222. The highest BCUT2D eigenvalue weighted by Gasteiger charge is 2.33. The minimum Gasteiger partial charge on any atom is -0.380 e. The molecule has 4 heteroatoms. The van der Waals surface area contributed by atoms with E-state index in [1.54, 1.807) is 7.05 Å². The van der Waals surface area contributed by atoms with Crippen LogP contribution in [0.5, 0.6) is 0 Å². The molecule has 0 amide bonds. The highest BCUT2D eigenvalue weighted by molar-refractivity contribution is 5.79. The molecule has 0 bridgehead atoms. The van der Waals surface area contributed by atoms with Crippen LogP contribution in [0.1, 0.15) is 20.8 Å². The van der Waals surface area contributed by atoms with E-state index in [-0.39, 0.29) is 5.41 Å². The van der Waals surface area contributed by atoms with Gasteiger partial charge in [0.05, 0.1) is 13.2 Å². The average molecular weight is 213 g/mol. The van der Waals surface area contributed by atoms with Crippen molar-refractivity contribution in [3.05, 3.63) is 0 Å². The van der Waals surface area contributed by atoms with Crippen LogP contribution in [0, 0.1) is 11.3 Å². The lowest BCUT2D eigenvalue weighted by Crippen LogP contribution is -2.51. The molecular formula is C11H23N3O. The van der Waals surface area contributed by atoms with E-state index in [1.165, 1.54) is 0 Å². The summed E-state index contributed by atoms with van der Waals surface area (Å²) in [4.78, 5) is 4.18. The third-order valence-corrected chi connectivity index (χ3v) is 2.49. The van der Waals surface area contributed by atoms with E-state index in [0.717, 1.165) is 32.3 Å². The first-order chi connectivity index (χ1) is 7.06. The molecule has 0 radical (unpaired) electrons. The summed E-state index contributed by atoms with van der Waals surface area (Å²) in [7, 11) is 1.80. The average Bonchev–Trinajstić information content (AvgIpc) is 2.15. The van der Waals surface area contributed by atoms with Gasteiger partial charge in [-0.2, -0.15) is 0 Å². The van der Waals surface area contributed by atoms with Crippen LogP contribution in [-0.4, -0.2) is 39.3 Å². The number of hydrogen-bond donors (Lipinski definition) is 2. The molecule has 0 aromatic heterocycles. The predicted molar refractivity (Wildman–Crippen MR) is 63.1 cm³/mol. The number of nitrogens with one attached hydrogen (secondary N) is 2. The minimum atomic E-state index is 0.287. The molecular weight excluding hydrogens is 190 g/mol. The van der Waals surface area contributed by atoms with E-state index in [9.17, 15) is 0 Å². The standard InChI is InChI=1S/C11H23N3O/c1-9(2)5-13-10(12-4)14-6-11(3)7-15-8-11/h9H,5-8H2,1-4H3,(H2,12,13,14). The van der Waals surface area contributed by atoms with Crippen LogP contribution in [0.4, 0.5) is 0 Å². The number of aliphatic imine (C=N–C) groups is 1. The highest BCUT2D eigenvalue weighted by Crippen LogP contribution is 2.24. The molecule has 1 saturated heterocycles. The number of hydrogen-bond acceptors (Lipinski definition) is 2. The molecule has 0 aromatic carbocycles. The van der Waals surface area contributed by atoms with Crippen LogP contribution in [0.15, 0.2) is 4.99 Å². The summed E-state index contributed by atoms with van der Waals surface area (Å²) in [6.07, 6.45) is 0. The molecule has 0 saturated carbocycles. The van der Waals surface area contributed by atoms with Gasteiger partial charge in [-0.3, -0.25) is 4.99 Å². The summed E-state index contributed by atoms with van der Waals surface area (Å²) in [5.74, 6) is 1.52. The molecule has 1 rings (SSSR count). The Morgan fingerprint density at radius 1 is 1.40 bits per heavy atom. The second-order valence-corrected chi connectivity index (χ2v) is 5.00. The van der Waals surface area contributed by atoms with Crippen molar-refractivity contribution in [1.82, 2.24) is 10.6 Å². The summed E-state index contributed by atoms with van der Waals surface area (Å²) >= 11 is 0. The van der Waals surface area contributed by atoms with E-state index in [1.807, 2.05) is 0 Å². The molecule has 1 fully saturated rings. The van der Waals surface area contributed by atoms with E-state index in [4.69, 9.17) is 4.74 Å². The maximum absolute atomic E-state index is 5.20. The van der Waals surface area contributed by atoms with Gasteiger partial charge in [0.25, 0.3) is 0 Å². The zero-order chi connectivity index (χ0) is 11.3. The second-order valence-electron chi connectivity index (χ2n) is 5.00. The fourth-order valence-electron chi connectivity index (χ4n) is 1.37. The minimum absolute atomic E-state index is 0.287. The van der Waals surface area contributed by atoms with Crippen LogP contribution < -0.4 is 10.6 Å². The van der Waals surface area contributed by atoms with Gasteiger partial charge in [-0.25, -0.2) is 0 Å². The summed E-state index contributed by atoms with van der Waals surface area (Å²) in [5, 5.41) is 6.61. The zero-order valence-corrected chi connectivity index (χ0v) is 10.3. The molecule has 88 valence electrons. The van der Waals surface area contributed by atoms with Gasteiger partial charge >= 0.3 is 0 Å². The fraction of sp³-hybridized carbons (Fsp3) is 0.909. The Morgan fingerprint density at radius 2 is 2.07 bits per heavy atom. The molecule has 1 aliphatic heterocycles. The van der Waals surface area contributed by atoms with Crippen molar-refractivity contribution >= 4 is 5.96 Å². The van der Waals surface area contributed by atoms with Gasteiger partial charge in [0.15, 0.2) is 5.96 Å². The summed E-state index contributed by atoms with van der Waals surface area (Å²) in [5.41, 5.74) is 0.287. The third-order valence-electron chi connectivity index (χ3n) is 2.49. The van der Waals surface area contributed by atoms with Gasteiger partial charge < -0.3 is 15.4 Å². The van der Waals surface area contributed by atoms with Crippen LogP contribution in [0.2, 0.25) is 0 Å². The Morgan fingerprint density at radius 3 is 2.47 bits per heavy atom. The van der Waals surface area contributed by atoms with Crippen molar-refractivity contribution < 1.29 is 4.74 Å². The number of ether oxygens (including phenoxy) is 1. The molecule has 0 aromatic rings. The fourth-order valence-corrected chi connectivity index (χ4v) is 1.37. The van der Waals surface area contributed by atoms with Crippen molar-refractivity contribution in [3.8, 4) is 0 Å². The first-order valence-corrected chi connectivity index (χ1v) is 5.58. The van der Waals surface area contributed by atoms with Crippen LogP contribution >= 0.6 is 0 Å². The topological polar surface area (TPSA) is 45.7 Å². The van der Waals surface area contributed by atoms with Crippen molar-refractivity contribution in [2.24, 2.45) is 16.3 Å².